The second-order valence-corrected chi connectivity index (χ2v) is 6.90. The number of nitrogens with zero attached hydrogens (tertiary/aromatic N) is 3. The molecule has 0 spiro atoms. The van der Waals surface area contributed by atoms with E-state index in [0.29, 0.717) is 6.54 Å². The fourth-order valence-corrected chi connectivity index (χ4v) is 3.86. The zero-order valence-electron chi connectivity index (χ0n) is 15.1. The van der Waals surface area contributed by atoms with Gasteiger partial charge < -0.3 is 4.57 Å². The van der Waals surface area contributed by atoms with Crippen LogP contribution in [0.4, 0.5) is 14.5 Å². The topological polar surface area (TPSA) is 51.3 Å². The summed E-state index contributed by atoms with van der Waals surface area (Å²) in [6.07, 6.45) is 2.82. The van der Waals surface area contributed by atoms with Gasteiger partial charge in [0.1, 0.15) is 11.6 Å². The molecule has 1 aromatic heterocycles. The molecule has 1 aliphatic rings. The van der Waals surface area contributed by atoms with E-state index in [1.807, 2.05) is 23.2 Å². The minimum absolute atomic E-state index is 0.0134. The number of fused-ring (bicyclic) bond motifs is 1. The molecule has 1 atom stereocenters. The van der Waals surface area contributed by atoms with Crippen molar-refractivity contribution in [1.29, 1.82) is 0 Å². The Labute approximate surface area is 161 Å². The molecule has 3 aromatic rings. The highest BCUT2D eigenvalue weighted by atomic mass is 19.1. The number of benzene rings is 2. The van der Waals surface area contributed by atoms with Crippen molar-refractivity contribution in [2.45, 2.75) is 25.6 Å². The number of rotatable bonds is 4. The molecule has 0 fully saturated rings. The Bertz CT molecular complexity index is 981. The van der Waals surface area contributed by atoms with Gasteiger partial charge in [0, 0.05) is 49.2 Å². The lowest BCUT2D eigenvalue weighted by atomic mass is 10.0. The van der Waals surface area contributed by atoms with Crippen molar-refractivity contribution in [2.75, 3.05) is 6.54 Å². The van der Waals surface area contributed by atoms with Gasteiger partial charge in [-0.2, -0.15) is 0 Å². The molecule has 4 rings (SSSR count). The summed E-state index contributed by atoms with van der Waals surface area (Å²) in [5.74, 6) is -1.14. The molecule has 0 amide bonds. The number of hydrogen-bond donors (Lipinski definition) is 0. The summed E-state index contributed by atoms with van der Waals surface area (Å²) in [6.45, 7) is 1.57. The minimum Gasteiger partial charge on any atom is -0.350 e. The van der Waals surface area contributed by atoms with Crippen molar-refractivity contribution in [3.05, 3.63) is 99.4 Å². The molecule has 144 valence electrons. The summed E-state index contributed by atoms with van der Waals surface area (Å²) in [5, 5.41) is 11.0. The van der Waals surface area contributed by atoms with Crippen LogP contribution < -0.4 is 0 Å². The van der Waals surface area contributed by atoms with E-state index in [4.69, 9.17) is 0 Å². The van der Waals surface area contributed by atoms with Gasteiger partial charge in [-0.25, -0.2) is 8.78 Å². The van der Waals surface area contributed by atoms with E-state index >= 15 is 0 Å². The Hall–Kier alpha value is -3.06. The maximum atomic E-state index is 14.3. The summed E-state index contributed by atoms with van der Waals surface area (Å²) >= 11 is 0. The molecule has 7 heteroatoms. The molecule has 2 aromatic carbocycles. The summed E-state index contributed by atoms with van der Waals surface area (Å²) < 4.78 is 30.7. The van der Waals surface area contributed by atoms with Gasteiger partial charge in [0.15, 0.2) is 0 Å². The molecular weight excluding hydrogens is 364 g/mol. The van der Waals surface area contributed by atoms with Crippen LogP contribution in [0.15, 0.2) is 60.8 Å². The van der Waals surface area contributed by atoms with E-state index < -0.39 is 16.6 Å². The molecule has 0 saturated carbocycles. The lowest BCUT2D eigenvalue weighted by Crippen LogP contribution is -2.30. The SMILES string of the molecule is O=[N+]([O-])c1ccc([C@H]2c3cccn3CCCN2Cc2c(F)cccc2F)cc1. The fraction of sp³-hybridized carbons (Fsp3) is 0.238. The molecule has 0 unspecified atom stereocenters. The van der Waals surface area contributed by atoms with Gasteiger partial charge in [0.05, 0.1) is 11.0 Å². The lowest BCUT2D eigenvalue weighted by Gasteiger charge is -2.30. The quantitative estimate of drug-likeness (QED) is 0.486. The second-order valence-electron chi connectivity index (χ2n) is 6.90. The summed E-state index contributed by atoms with van der Waals surface area (Å²) in [5.41, 5.74) is 1.90. The number of nitro benzene ring substituents is 1. The maximum absolute atomic E-state index is 14.3. The molecule has 28 heavy (non-hydrogen) atoms. The van der Waals surface area contributed by atoms with E-state index in [0.717, 1.165) is 24.2 Å². The van der Waals surface area contributed by atoms with Crippen LogP contribution >= 0.6 is 0 Å². The number of aryl methyl sites for hydroxylation is 1. The van der Waals surface area contributed by atoms with Gasteiger partial charge in [-0.1, -0.05) is 18.2 Å². The van der Waals surface area contributed by atoms with Crippen LogP contribution in [0.2, 0.25) is 0 Å². The molecule has 5 nitrogen and oxygen atoms in total. The van der Waals surface area contributed by atoms with Crippen molar-refractivity contribution >= 4 is 5.69 Å². The molecule has 2 heterocycles. The van der Waals surface area contributed by atoms with Gasteiger partial charge in [-0.3, -0.25) is 15.0 Å². The van der Waals surface area contributed by atoms with E-state index in [1.165, 1.54) is 30.3 Å². The Kier molecular flexibility index (Phi) is 4.92. The highest BCUT2D eigenvalue weighted by Crippen LogP contribution is 2.34. The average molecular weight is 383 g/mol. The Morgan fingerprint density at radius 1 is 1.00 bits per heavy atom. The molecule has 0 radical (unpaired) electrons. The van der Waals surface area contributed by atoms with E-state index in [9.17, 15) is 18.9 Å². The van der Waals surface area contributed by atoms with E-state index in [-0.39, 0.29) is 23.8 Å². The zero-order valence-corrected chi connectivity index (χ0v) is 15.1. The Morgan fingerprint density at radius 2 is 1.71 bits per heavy atom. The molecular formula is C21H19F2N3O2. The van der Waals surface area contributed by atoms with Crippen molar-refractivity contribution in [3.8, 4) is 0 Å². The fourth-order valence-electron chi connectivity index (χ4n) is 3.86. The second kappa shape index (κ2) is 7.52. The van der Waals surface area contributed by atoms with Crippen LogP contribution in [-0.4, -0.2) is 20.9 Å². The van der Waals surface area contributed by atoms with Crippen molar-refractivity contribution in [3.63, 3.8) is 0 Å². The number of halogens is 2. The first kappa shape index (κ1) is 18.3. The summed E-state index contributed by atoms with van der Waals surface area (Å²) in [4.78, 5) is 12.6. The van der Waals surface area contributed by atoms with Gasteiger partial charge in [0.2, 0.25) is 0 Å². The normalized spacial score (nSPS) is 17.1. The number of non-ortho nitro benzene ring substituents is 1. The van der Waals surface area contributed by atoms with Crippen molar-refractivity contribution in [1.82, 2.24) is 9.47 Å². The van der Waals surface area contributed by atoms with Gasteiger partial charge in [-0.05, 0) is 36.2 Å². The maximum Gasteiger partial charge on any atom is 0.269 e. The highest BCUT2D eigenvalue weighted by Gasteiger charge is 2.29. The molecule has 1 aliphatic heterocycles. The predicted octanol–water partition coefficient (Wildman–Crippen LogP) is 4.67. The zero-order chi connectivity index (χ0) is 19.7. The molecule has 0 N–H and O–H groups in total. The summed E-state index contributed by atoms with van der Waals surface area (Å²) in [6, 6.07) is 13.9. The van der Waals surface area contributed by atoms with Crippen LogP contribution in [-0.2, 0) is 13.1 Å². The number of nitro groups is 1. The van der Waals surface area contributed by atoms with Crippen molar-refractivity contribution < 1.29 is 13.7 Å². The monoisotopic (exact) mass is 383 g/mol. The first-order valence-electron chi connectivity index (χ1n) is 9.11. The van der Waals surface area contributed by atoms with Crippen LogP contribution in [0.5, 0.6) is 0 Å². The first-order chi connectivity index (χ1) is 13.5. The molecule has 0 bridgehead atoms. The van der Waals surface area contributed by atoms with Gasteiger partial charge >= 0.3 is 0 Å². The minimum atomic E-state index is -0.568. The van der Waals surface area contributed by atoms with Gasteiger partial charge in [0.25, 0.3) is 5.69 Å². The smallest absolute Gasteiger partial charge is 0.269 e. The van der Waals surface area contributed by atoms with Gasteiger partial charge in [-0.15, -0.1) is 0 Å². The average Bonchev–Trinajstić information content (AvgIpc) is 3.06. The number of aromatic nitrogens is 1. The Balaban J connectivity index is 1.76. The number of hydrogen-bond acceptors (Lipinski definition) is 3. The first-order valence-corrected chi connectivity index (χ1v) is 9.11. The van der Waals surface area contributed by atoms with Crippen LogP contribution in [0, 0.1) is 21.7 Å². The third-order valence-electron chi connectivity index (χ3n) is 5.20. The summed E-state index contributed by atoms with van der Waals surface area (Å²) in [7, 11) is 0. The van der Waals surface area contributed by atoms with Crippen LogP contribution in [0.1, 0.15) is 29.3 Å². The van der Waals surface area contributed by atoms with E-state index in [1.54, 1.807) is 12.1 Å². The highest BCUT2D eigenvalue weighted by molar-refractivity contribution is 5.38. The lowest BCUT2D eigenvalue weighted by molar-refractivity contribution is -0.384. The van der Waals surface area contributed by atoms with Crippen LogP contribution in [0.3, 0.4) is 0 Å². The van der Waals surface area contributed by atoms with Crippen molar-refractivity contribution in [2.24, 2.45) is 0 Å². The standard InChI is InChI=1S/C21H19F2N3O2/c22-18-4-1-5-19(23)17(18)14-25-13-3-12-24-11-2-6-20(24)21(25)15-7-9-16(10-8-15)26(27)28/h1-2,4-11,21H,3,12-14H2/t21-/m0/s1. The van der Waals surface area contributed by atoms with Crippen LogP contribution in [0.25, 0.3) is 0 Å². The Morgan fingerprint density at radius 3 is 2.39 bits per heavy atom. The third-order valence-corrected chi connectivity index (χ3v) is 5.20. The molecule has 0 saturated heterocycles. The largest absolute Gasteiger partial charge is 0.350 e. The molecule has 0 aliphatic carbocycles. The predicted molar refractivity (Wildman–Crippen MR) is 101 cm³/mol. The van der Waals surface area contributed by atoms with E-state index in [2.05, 4.69) is 4.57 Å². The third kappa shape index (κ3) is 3.41.